The zero-order chi connectivity index (χ0) is 12.4. The van der Waals surface area contributed by atoms with E-state index in [2.05, 4.69) is 18.7 Å². The van der Waals surface area contributed by atoms with Gasteiger partial charge in [0.25, 0.3) is 0 Å². The number of likely N-dealkylation sites (tertiary alicyclic amines) is 1. The third kappa shape index (κ3) is 4.00. The van der Waals surface area contributed by atoms with E-state index in [0.29, 0.717) is 4.99 Å². The molecule has 0 saturated carbocycles. The van der Waals surface area contributed by atoms with Crippen molar-refractivity contribution in [3.8, 4) is 0 Å². The summed E-state index contributed by atoms with van der Waals surface area (Å²) in [6, 6.07) is 0. The van der Waals surface area contributed by atoms with Gasteiger partial charge in [0.2, 0.25) is 0 Å². The SMILES string of the molecule is CC1(O)CCN(CCC(C)(C)C(N)=S)CC1. The summed E-state index contributed by atoms with van der Waals surface area (Å²) in [5, 5.41) is 9.84. The van der Waals surface area contributed by atoms with Crippen molar-refractivity contribution in [3.05, 3.63) is 0 Å². The van der Waals surface area contributed by atoms with Gasteiger partial charge in [-0.2, -0.15) is 0 Å². The lowest BCUT2D eigenvalue weighted by Crippen LogP contribution is -2.44. The number of thiocarbonyl (C=S) groups is 1. The highest BCUT2D eigenvalue weighted by molar-refractivity contribution is 7.80. The van der Waals surface area contributed by atoms with Gasteiger partial charge in [-0.15, -0.1) is 0 Å². The molecule has 3 nitrogen and oxygen atoms in total. The normalized spacial score (nSPS) is 22.0. The molecule has 1 rings (SSSR count). The zero-order valence-corrected chi connectivity index (χ0v) is 11.4. The summed E-state index contributed by atoms with van der Waals surface area (Å²) in [5.74, 6) is 0. The maximum Gasteiger partial charge on any atom is 0.0784 e. The van der Waals surface area contributed by atoms with Crippen molar-refractivity contribution in [2.75, 3.05) is 19.6 Å². The number of rotatable bonds is 4. The van der Waals surface area contributed by atoms with E-state index in [0.717, 1.165) is 38.9 Å². The molecule has 0 aromatic rings. The summed E-state index contributed by atoms with van der Waals surface area (Å²) >= 11 is 5.05. The number of nitrogens with two attached hydrogens (primary N) is 1. The molecule has 0 unspecified atom stereocenters. The van der Waals surface area contributed by atoms with E-state index >= 15 is 0 Å². The second-order valence-electron chi connectivity index (χ2n) is 5.84. The smallest absolute Gasteiger partial charge is 0.0784 e. The lowest BCUT2D eigenvalue weighted by atomic mass is 9.88. The van der Waals surface area contributed by atoms with Crippen molar-refractivity contribution in [3.63, 3.8) is 0 Å². The van der Waals surface area contributed by atoms with Gasteiger partial charge in [-0.1, -0.05) is 26.1 Å². The molecule has 0 bridgehead atoms. The van der Waals surface area contributed by atoms with Gasteiger partial charge in [-0.3, -0.25) is 0 Å². The summed E-state index contributed by atoms with van der Waals surface area (Å²) in [4.78, 5) is 2.98. The molecule has 1 aliphatic rings. The third-order valence-electron chi connectivity index (χ3n) is 3.65. The summed E-state index contributed by atoms with van der Waals surface area (Å²) in [6.45, 7) is 9.06. The molecule has 0 spiro atoms. The first kappa shape index (κ1) is 13.9. The molecule has 1 aliphatic heterocycles. The van der Waals surface area contributed by atoms with Gasteiger partial charge >= 0.3 is 0 Å². The Morgan fingerprint density at radius 1 is 1.44 bits per heavy atom. The van der Waals surface area contributed by atoms with Gasteiger partial charge in [0, 0.05) is 18.5 Å². The van der Waals surface area contributed by atoms with Crippen molar-refractivity contribution in [1.29, 1.82) is 0 Å². The standard InChI is InChI=1S/C12H24N2OS/c1-11(2,10(13)16)4-7-14-8-5-12(3,15)6-9-14/h15H,4-9H2,1-3H3,(H2,13,16). The second-order valence-corrected chi connectivity index (χ2v) is 6.28. The van der Waals surface area contributed by atoms with Crippen LogP contribution in [-0.2, 0) is 0 Å². The second kappa shape index (κ2) is 4.98. The van der Waals surface area contributed by atoms with E-state index in [4.69, 9.17) is 18.0 Å². The Labute approximate surface area is 104 Å². The van der Waals surface area contributed by atoms with Gasteiger partial charge in [0.1, 0.15) is 0 Å². The van der Waals surface area contributed by atoms with Crippen LogP contribution in [0.2, 0.25) is 0 Å². The summed E-state index contributed by atoms with van der Waals surface area (Å²) in [7, 11) is 0. The summed E-state index contributed by atoms with van der Waals surface area (Å²) < 4.78 is 0. The Morgan fingerprint density at radius 2 is 1.94 bits per heavy atom. The first-order chi connectivity index (χ1) is 7.23. The molecule has 0 aliphatic carbocycles. The fourth-order valence-corrected chi connectivity index (χ4v) is 1.92. The molecule has 0 amide bonds. The maximum atomic E-state index is 9.84. The minimum absolute atomic E-state index is 0.0602. The fraction of sp³-hybridized carbons (Fsp3) is 0.917. The highest BCUT2D eigenvalue weighted by Gasteiger charge is 2.28. The van der Waals surface area contributed by atoms with Crippen LogP contribution in [0.25, 0.3) is 0 Å². The maximum absolute atomic E-state index is 9.84. The lowest BCUT2D eigenvalue weighted by Gasteiger charge is -2.37. The largest absolute Gasteiger partial charge is 0.393 e. The molecule has 0 aromatic carbocycles. The van der Waals surface area contributed by atoms with E-state index in [9.17, 15) is 5.11 Å². The molecule has 0 atom stereocenters. The molecule has 4 heteroatoms. The van der Waals surface area contributed by atoms with Gasteiger partial charge < -0.3 is 15.7 Å². The fourth-order valence-electron chi connectivity index (χ4n) is 1.82. The number of piperidine rings is 1. The Morgan fingerprint density at radius 3 is 2.38 bits per heavy atom. The number of hydrogen-bond donors (Lipinski definition) is 2. The van der Waals surface area contributed by atoms with Crippen molar-refractivity contribution in [2.45, 2.75) is 45.6 Å². The van der Waals surface area contributed by atoms with E-state index in [1.54, 1.807) is 0 Å². The zero-order valence-electron chi connectivity index (χ0n) is 10.6. The van der Waals surface area contributed by atoms with Gasteiger partial charge in [-0.25, -0.2) is 0 Å². The van der Waals surface area contributed by atoms with Crippen molar-refractivity contribution >= 4 is 17.2 Å². The molecule has 3 N–H and O–H groups in total. The molecule has 0 radical (unpaired) electrons. The highest BCUT2D eigenvalue weighted by Crippen LogP contribution is 2.25. The molecular weight excluding hydrogens is 220 g/mol. The van der Waals surface area contributed by atoms with Crippen LogP contribution in [0.15, 0.2) is 0 Å². The van der Waals surface area contributed by atoms with Gasteiger partial charge in [0.05, 0.1) is 10.6 Å². The van der Waals surface area contributed by atoms with E-state index in [1.807, 2.05) is 6.92 Å². The predicted octanol–water partition coefficient (Wildman–Crippen LogP) is 1.54. The minimum Gasteiger partial charge on any atom is -0.393 e. The molecular formula is C12H24N2OS. The summed E-state index contributed by atoms with van der Waals surface area (Å²) in [6.07, 6.45) is 2.71. The van der Waals surface area contributed by atoms with Crippen LogP contribution in [0.5, 0.6) is 0 Å². The van der Waals surface area contributed by atoms with E-state index in [1.165, 1.54) is 0 Å². The van der Waals surface area contributed by atoms with Gasteiger partial charge in [-0.05, 0) is 32.7 Å². The minimum atomic E-state index is -0.463. The highest BCUT2D eigenvalue weighted by atomic mass is 32.1. The van der Waals surface area contributed by atoms with Crippen LogP contribution in [0.4, 0.5) is 0 Å². The molecule has 94 valence electrons. The first-order valence-corrected chi connectivity index (χ1v) is 6.38. The van der Waals surface area contributed by atoms with Crippen LogP contribution >= 0.6 is 12.2 Å². The Kier molecular flexibility index (Phi) is 4.32. The predicted molar refractivity (Wildman–Crippen MR) is 71.5 cm³/mol. The third-order valence-corrected chi connectivity index (χ3v) is 4.21. The van der Waals surface area contributed by atoms with E-state index in [-0.39, 0.29) is 5.41 Å². The number of nitrogens with zero attached hydrogens (tertiary/aromatic N) is 1. The quantitative estimate of drug-likeness (QED) is 0.737. The number of hydrogen-bond acceptors (Lipinski definition) is 3. The lowest BCUT2D eigenvalue weighted by molar-refractivity contribution is -0.00654. The Balaban J connectivity index is 2.33. The van der Waals surface area contributed by atoms with Crippen molar-refractivity contribution < 1.29 is 5.11 Å². The average Bonchev–Trinajstić information content (AvgIpc) is 2.16. The van der Waals surface area contributed by atoms with Gasteiger partial charge in [0.15, 0.2) is 0 Å². The Hall–Kier alpha value is -0.190. The van der Waals surface area contributed by atoms with Crippen molar-refractivity contribution in [1.82, 2.24) is 4.90 Å². The van der Waals surface area contributed by atoms with Crippen LogP contribution in [0, 0.1) is 5.41 Å². The summed E-state index contributed by atoms with van der Waals surface area (Å²) in [5.41, 5.74) is 5.18. The topological polar surface area (TPSA) is 49.5 Å². The molecule has 1 saturated heterocycles. The molecule has 1 heterocycles. The number of aliphatic hydroxyl groups is 1. The van der Waals surface area contributed by atoms with Crippen LogP contribution < -0.4 is 5.73 Å². The molecule has 0 aromatic heterocycles. The Bertz CT molecular complexity index is 254. The monoisotopic (exact) mass is 244 g/mol. The van der Waals surface area contributed by atoms with Crippen molar-refractivity contribution in [2.24, 2.45) is 11.1 Å². The average molecular weight is 244 g/mol. The molecule has 16 heavy (non-hydrogen) atoms. The van der Waals surface area contributed by atoms with E-state index < -0.39 is 5.60 Å². The van der Waals surface area contributed by atoms with Crippen LogP contribution in [0.3, 0.4) is 0 Å². The van der Waals surface area contributed by atoms with Crippen LogP contribution in [0.1, 0.15) is 40.0 Å². The first-order valence-electron chi connectivity index (χ1n) is 5.98. The van der Waals surface area contributed by atoms with Crippen LogP contribution in [-0.4, -0.2) is 40.2 Å². The molecule has 1 fully saturated rings.